The molecule has 2 N–H and O–H groups in total. The van der Waals surface area contributed by atoms with Crippen molar-refractivity contribution in [2.75, 3.05) is 191 Å². The van der Waals surface area contributed by atoms with Crippen LogP contribution >= 0.6 is 0 Å². The van der Waals surface area contributed by atoms with Crippen LogP contribution in [0, 0.1) is 73.9 Å². The van der Waals surface area contributed by atoms with E-state index < -0.39 is 10.0 Å². The first-order chi connectivity index (χ1) is 68.3. The predicted molar refractivity (Wildman–Crippen MR) is 594 cm³/mol. The number of carbonyl (C=O) groups is 6. The summed E-state index contributed by atoms with van der Waals surface area (Å²) in [6, 6.07) is 32.8. The van der Waals surface area contributed by atoms with E-state index in [0.29, 0.717) is 181 Å². The number of benzene rings is 4. The van der Waals surface area contributed by atoms with Gasteiger partial charge >= 0.3 is 18.3 Å². The van der Waals surface area contributed by atoms with Crippen molar-refractivity contribution in [1.82, 2.24) is 43.9 Å². The van der Waals surface area contributed by atoms with Crippen molar-refractivity contribution in [2.45, 2.75) is 316 Å². The Balaban J connectivity index is 0.000000350. The zero-order valence-electron chi connectivity index (χ0n) is 96.5. The van der Waals surface area contributed by atoms with E-state index in [4.69, 9.17) is 58.5 Å². The molecule has 9 saturated heterocycles. The quantitative estimate of drug-likeness (QED) is 0.0983. The molecular formula is C118H199N9O20S. The fourth-order valence-electron chi connectivity index (χ4n) is 16.9. The molecule has 30 heteroatoms. The lowest BCUT2D eigenvalue weighted by molar-refractivity contribution is -0.144. The molecule has 9 aliphatic heterocycles. The molecule has 0 saturated carbocycles. The molecule has 9 heterocycles. The number of phenolic OH excluding ortho intramolecular Hbond substituents is 1. The molecule has 842 valence electrons. The minimum atomic E-state index is -3.07. The molecule has 13 rings (SSSR count). The molecular weight excluding hydrogens is 1900 g/mol. The number of nitrogens with one attached hydrogen (secondary N) is 1. The van der Waals surface area contributed by atoms with Gasteiger partial charge in [0, 0.05) is 110 Å². The van der Waals surface area contributed by atoms with E-state index in [1.807, 2.05) is 126 Å². The van der Waals surface area contributed by atoms with Crippen LogP contribution in [0.1, 0.15) is 267 Å². The van der Waals surface area contributed by atoms with Crippen LogP contribution < -0.4 is 5.32 Å². The summed E-state index contributed by atoms with van der Waals surface area (Å²) in [7, 11) is -0.912. The average molecular weight is 2100 g/mol. The highest BCUT2D eigenvalue weighted by Crippen LogP contribution is 2.35. The van der Waals surface area contributed by atoms with E-state index in [2.05, 4.69) is 210 Å². The number of piperidine rings is 1. The number of nitrogens with zero attached hydrogens (tertiary/aromatic N) is 8. The number of ether oxygens (including phenoxy) is 11. The Kier molecular flexibility index (Phi) is 55.2. The number of rotatable bonds is 12. The summed E-state index contributed by atoms with van der Waals surface area (Å²) in [6.07, 6.45) is 12.1. The zero-order chi connectivity index (χ0) is 110. The molecule has 9 unspecified atom stereocenters. The number of likely N-dealkylation sites (N-methyl/N-ethyl adjacent to an activating group) is 1. The fourth-order valence-corrected chi connectivity index (χ4v) is 17.7. The number of morpholine rings is 8. The van der Waals surface area contributed by atoms with Crippen LogP contribution in [0.3, 0.4) is 0 Å². The highest BCUT2D eigenvalue weighted by atomic mass is 32.2. The minimum absolute atomic E-state index is 0. The van der Waals surface area contributed by atoms with E-state index in [9.17, 15) is 42.3 Å². The first kappa shape index (κ1) is 132. The molecule has 0 bridgehead atoms. The summed E-state index contributed by atoms with van der Waals surface area (Å²) < 4.78 is 85.4. The van der Waals surface area contributed by atoms with Gasteiger partial charge in [-0.2, -0.15) is 4.31 Å². The molecule has 0 radical (unpaired) electrons. The summed E-state index contributed by atoms with van der Waals surface area (Å²) in [5, 5.41) is 13.0. The van der Waals surface area contributed by atoms with Crippen LogP contribution in [-0.2, 0) is 103 Å². The van der Waals surface area contributed by atoms with Gasteiger partial charge in [0.1, 0.15) is 19.0 Å². The number of amides is 6. The molecule has 4 aromatic rings. The topological polar surface area (TPSA) is 296 Å². The second-order valence-corrected chi connectivity index (χ2v) is 51.8. The number of terminal acetylenes is 1. The van der Waals surface area contributed by atoms with Gasteiger partial charge in [-0.15, -0.1) is 6.42 Å². The normalized spacial score (nSPS) is 22.0. The maximum absolute atomic E-state index is 12.4. The predicted octanol–water partition coefficient (Wildman–Crippen LogP) is 19.8. The smallest absolute Gasteiger partial charge is 0.410 e. The van der Waals surface area contributed by atoms with Gasteiger partial charge in [-0.25, -0.2) is 22.8 Å². The van der Waals surface area contributed by atoms with Crippen molar-refractivity contribution in [3.05, 3.63) is 137 Å². The van der Waals surface area contributed by atoms with E-state index in [1.54, 1.807) is 27.7 Å². The van der Waals surface area contributed by atoms with Crippen LogP contribution in [0.5, 0.6) is 5.75 Å². The van der Waals surface area contributed by atoms with Crippen molar-refractivity contribution in [1.29, 1.82) is 0 Å². The lowest BCUT2D eigenvalue weighted by Gasteiger charge is -2.39. The van der Waals surface area contributed by atoms with Gasteiger partial charge in [0.05, 0.1) is 134 Å². The highest BCUT2D eigenvalue weighted by molar-refractivity contribution is 7.88. The van der Waals surface area contributed by atoms with E-state index in [-0.39, 0.29) is 129 Å². The second kappa shape index (κ2) is 61.8. The third-order valence-electron chi connectivity index (χ3n) is 27.7. The lowest BCUT2D eigenvalue weighted by Crippen LogP contribution is -2.50. The number of phenols is 1. The lowest BCUT2D eigenvalue weighted by atomic mass is 9.77. The van der Waals surface area contributed by atoms with E-state index in [0.717, 1.165) is 78.5 Å². The van der Waals surface area contributed by atoms with Crippen LogP contribution in [0.15, 0.2) is 103 Å². The van der Waals surface area contributed by atoms with Crippen molar-refractivity contribution < 1.29 is 94.4 Å². The Labute approximate surface area is 894 Å². The minimum Gasteiger partial charge on any atom is -0.508 e. The van der Waals surface area contributed by atoms with Gasteiger partial charge in [-0.05, 0) is 160 Å². The van der Waals surface area contributed by atoms with Gasteiger partial charge in [-0.1, -0.05) is 285 Å². The summed E-state index contributed by atoms with van der Waals surface area (Å²) in [5.41, 5.74) is 7.08. The Morgan fingerprint density at radius 3 is 1.02 bits per heavy atom. The molecule has 0 aliphatic carbocycles. The number of hydrogen-bond acceptors (Lipinski definition) is 22. The summed E-state index contributed by atoms with van der Waals surface area (Å²) in [6.45, 7) is 83.1. The molecule has 9 atom stereocenters. The molecule has 9 aliphatic rings. The van der Waals surface area contributed by atoms with Crippen LogP contribution in [0.2, 0.25) is 0 Å². The van der Waals surface area contributed by atoms with Crippen LogP contribution in [-0.4, -0.2) is 328 Å². The monoisotopic (exact) mass is 2090 g/mol. The zero-order valence-corrected chi connectivity index (χ0v) is 97.3. The third kappa shape index (κ3) is 49.8. The van der Waals surface area contributed by atoms with Crippen molar-refractivity contribution >= 4 is 46.0 Å². The molecule has 6 amide bonds. The first-order valence-electron chi connectivity index (χ1n) is 53.5. The molecule has 4 aromatic carbocycles. The fraction of sp³-hybridized carbons (Fsp3) is 0.729. The number of hydrogen-bond donors (Lipinski definition) is 2. The van der Waals surface area contributed by atoms with Gasteiger partial charge in [0.15, 0.2) is 0 Å². The van der Waals surface area contributed by atoms with Crippen LogP contribution in [0.25, 0.3) is 0 Å². The molecule has 0 aromatic heterocycles. The van der Waals surface area contributed by atoms with Crippen molar-refractivity contribution in [2.24, 2.45) is 54.7 Å². The Morgan fingerprint density at radius 1 is 0.405 bits per heavy atom. The Bertz CT molecular complexity index is 4600. The maximum Gasteiger partial charge on any atom is 0.410 e. The molecule has 29 nitrogen and oxygen atoms in total. The molecule has 148 heavy (non-hydrogen) atoms. The largest absolute Gasteiger partial charge is 0.508 e. The van der Waals surface area contributed by atoms with Crippen LogP contribution in [0.4, 0.5) is 14.4 Å². The summed E-state index contributed by atoms with van der Waals surface area (Å²) >= 11 is 0. The standard InChI is InChI=1S/C19H25NO2.C18H27NO3.2C16H23NO3.C11H21NO3.C10H19NO2.C9H19NO3S.C9H19NO.C9H19N.CH4/c1-5-15-6-8-16(9-7-15)10-11-18(21)20-12-13-22-17(14-20)19(2,3)4;1-13-11-14(5-7-15(13)20)6-8-17(21)19-9-10-22-16(12-19)18(2,3)4;2*1-16(2,3)14-11-17(9-10-19-14)15(18)20-12-13-7-5-4-6-8-13;1-5-14-10(13)12-6-7-15-9(8-12)11(2,3)4;1-8(12)11-5-6-13-9(7-11)10(2,3)4;1-9(2,3)8-7-10(5-6-13-8)14(4,11)12;1-9(2,3)8-7-10(4)5-6-11-8;1-9(2,3)8-5-4-6-10-7-8;/h1,6-9,17H,10-14H2,2-4H3;5,7,11,16,20H,6,8-10,12H2,1-4H3;2*4-8,14H,9-12H2,1-3H3;9H,5-8H2,1-4H3;9H,5-7H2,1-4H3;8H,5-7H2,1-4H3;8H,5-7H2,1-4H3;8,10H,4-7H2,1-3H3;1H4. The van der Waals surface area contributed by atoms with E-state index >= 15 is 0 Å². The average Bonchev–Trinajstić information content (AvgIpc) is 0.820. The second-order valence-electron chi connectivity index (χ2n) is 49.8. The first-order valence-corrected chi connectivity index (χ1v) is 55.4. The Morgan fingerprint density at radius 2 is 0.716 bits per heavy atom. The third-order valence-corrected chi connectivity index (χ3v) is 28.9. The van der Waals surface area contributed by atoms with Gasteiger partial charge in [0.25, 0.3) is 0 Å². The summed E-state index contributed by atoms with van der Waals surface area (Å²) in [4.78, 5) is 84.9. The highest BCUT2D eigenvalue weighted by Gasteiger charge is 2.41. The van der Waals surface area contributed by atoms with Gasteiger partial charge < -0.3 is 96.8 Å². The SMILES string of the molecule is C.C#Cc1ccc(CCC(=O)N2CCOC(C(C)(C)C)C2)cc1.CC(=O)N1CCOC(C(C)(C)C)C1.CC(C)(C)C1CCCNC1.CC(C)(C)C1CN(C(=O)OCc2ccccc2)CCO1.CC(C)(C)C1CN(C(=O)OCc2ccccc2)CCO1.CC(C)(C)C1CN(S(C)(=O)=O)CCO1.CCOC(=O)N1CCOC(C(C)(C)C)C1.CN1CCOC(C(C)(C)C)C1.Cc1cc(CCC(=O)N2CCOC(C(C)(C)C)C2)ccc1O. The summed E-state index contributed by atoms with van der Waals surface area (Å²) in [5.74, 6) is 4.33. The van der Waals surface area contributed by atoms with Gasteiger partial charge in [-0.3, -0.25) is 14.4 Å². The van der Waals surface area contributed by atoms with Crippen molar-refractivity contribution in [3.8, 4) is 18.1 Å². The maximum atomic E-state index is 12.4. The molecule has 9 fully saturated rings. The number of carbonyl (C=O) groups excluding carboxylic acids is 6. The Hall–Kier alpha value is -8.03. The number of aromatic hydroxyl groups is 1. The van der Waals surface area contributed by atoms with E-state index in [1.165, 1.54) is 36.5 Å². The van der Waals surface area contributed by atoms with Crippen molar-refractivity contribution in [3.63, 3.8) is 0 Å². The number of sulfonamides is 1. The van der Waals surface area contributed by atoms with Gasteiger partial charge in [0.2, 0.25) is 27.7 Å². The molecule has 0 spiro atoms. The number of aryl methyl sites for hydroxylation is 3.